The van der Waals surface area contributed by atoms with Gasteiger partial charge >= 0.3 is 0 Å². The van der Waals surface area contributed by atoms with Crippen LogP contribution < -0.4 is 36.6 Å². The zero-order valence-corrected chi connectivity index (χ0v) is 28.8. The first-order valence-electron chi connectivity index (χ1n) is 17.1. The maximum absolute atomic E-state index is 12.0. The van der Waals surface area contributed by atoms with E-state index < -0.39 is 15.8 Å². The van der Waals surface area contributed by atoms with Crippen molar-refractivity contribution in [3.05, 3.63) is 169 Å². The zero-order valence-electron chi connectivity index (χ0n) is 27.0. The summed E-state index contributed by atoms with van der Waals surface area (Å²) in [6.07, 6.45) is 5.37. The van der Waals surface area contributed by atoms with E-state index in [1.54, 1.807) is 0 Å². The molecule has 6 aromatic rings. The molecule has 3 atom stereocenters. The van der Waals surface area contributed by atoms with Crippen LogP contribution in [0.1, 0.15) is 30.4 Å². The number of hydrogen-bond donors (Lipinski definition) is 1. The number of hydrogen-bond acceptors (Lipinski definition) is 2. The molecular formula is C44H40O2P2. The molecule has 1 aliphatic carbocycles. The lowest BCUT2D eigenvalue weighted by Crippen LogP contribution is -2.35. The summed E-state index contributed by atoms with van der Waals surface area (Å²) in [5.74, 6) is 2.50. The second kappa shape index (κ2) is 14.1. The third-order valence-electron chi connectivity index (χ3n) is 10.0. The van der Waals surface area contributed by atoms with Crippen LogP contribution in [0.15, 0.2) is 158 Å². The monoisotopic (exact) mass is 662 g/mol. The van der Waals surface area contributed by atoms with E-state index in [-0.39, 0.29) is 6.10 Å². The molecule has 2 bridgehead atoms. The summed E-state index contributed by atoms with van der Waals surface area (Å²) in [7, 11) is -1.67. The van der Waals surface area contributed by atoms with E-state index in [9.17, 15) is 5.11 Å². The standard InChI is InChI=1S/C44H40O2P2/c45-43-34(15-13-25-41(43)47(36-17-5-1-6-18-36)37-19-7-2-8-20-37)31-33-28-27-32-29-35-16-14-26-42(44(35)46-40(33)30-32)48(38-21-9-3-10-22-38)39-23-11-4-12-24-39/h1-26,32-33,40,45H,27-31H2/t32-,33-,40?/m1/s1. The van der Waals surface area contributed by atoms with Crippen molar-refractivity contribution < 1.29 is 9.84 Å². The van der Waals surface area contributed by atoms with Gasteiger partial charge in [0.2, 0.25) is 0 Å². The Hall–Kier alpha value is -4.22. The quantitative estimate of drug-likeness (QED) is 0.168. The predicted molar refractivity (Wildman–Crippen MR) is 205 cm³/mol. The van der Waals surface area contributed by atoms with E-state index in [1.807, 2.05) is 0 Å². The molecule has 1 fully saturated rings. The van der Waals surface area contributed by atoms with Gasteiger partial charge in [-0.25, -0.2) is 0 Å². The topological polar surface area (TPSA) is 29.5 Å². The number of para-hydroxylation sites is 2. The van der Waals surface area contributed by atoms with Gasteiger partial charge in [0.15, 0.2) is 0 Å². The van der Waals surface area contributed by atoms with Crippen molar-refractivity contribution in [2.75, 3.05) is 0 Å². The molecule has 4 heteroatoms. The maximum atomic E-state index is 12.0. The molecule has 48 heavy (non-hydrogen) atoms. The smallest absolute Gasteiger partial charge is 0.131 e. The third-order valence-corrected chi connectivity index (χ3v) is 14.9. The van der Waals surface area contributed by atoms with Crippen LogP contribution >= 0.6 is 15.8 Å². The number of phenols is 1. The Morgan fingerprint density at radius 2 is 1.04 bits per heavy atom. The Kier molecular flexibility index (Phi) is 9.13. The fourth-order valence-electron chi connectivity index (χ4n) is 7.71. The van der Waals surface area contributed by atoms with Crippen molar-refractivity contribution in [2.24, 2.45) is 11.8 Å². The number of ether oxygens (including phenoxy) is 1. The van der Waals surface area contributed by atoms with Gasteiger partial charge in [-0.3, -0.25) is 0 Å². The average Bonchev–Trinajstić information content (AvgIpc) is 3.29. The molecule has 1 saturated carbocycles. The summed E-state index contributed by atoms with van der Waals surface area (Å²) >= 11 is 0. The molecule has 2 aliphatic rings. The van der Waals surface area contributed by atoms with Crippen LogP contribution in [0.25, 0.3) is 0 Å². The van der Waals surface area contributed by atoms with Crippen LogP contribution in [0.5, 0.6) is 11.5 Å². The molecule has 1 unspecified atom stereocenters. The highest BCUT2D eigenvalue weighted by Crippen LogP contribution is 2.45. The minimum absolute atomic E-state index is 0.113. The van der Waals surface area contributed by atoms with E-state index >= 15 is 0 Å². The van der Waals surface area contributed by atoms with Crippen molar-refractivity contribution in [1.29, 1.82) is 0 Å². The van der Waals surface area contributed by atoms with E-state index in [1.165, 1.54) is 38.5 Å². The fraction of sp³-hybridized carbons (Fsp3) is 0.182. The molecule has 1 heterocycles. The Bertz CT molecular complexity index is 1890. The van der Waals surface area contributed by atoms with Gasteiger partial charge in [-0.05, 0) is 86.2 Å². The van der Waals surface area contributed by atoms with Crippen LogP contribution in [-0.4, -0.2) is 11.2 Å². The molecule has 1 N–H and O–H groups in total. The number of fused-ring (bicyclic) bond motifs is 3. The van der Waals surface area contributed by atoms with Gasteiger partial charge in [0.1, 0.15) is 17.6 Å². The molecule has 0 aromatic heterocycles. The van der Waals surface area contributed by atoms with Gasteiger partial charge < -0.3 is 9.84 Å². The molecule has 238 valence electrons. The molecular weight excluding hydrogens is 622 g/mol. The van der Waals surface area contributed by atoms with E-state index in [2.05, 4.69) is 158 Å². The number of benzene rings is 6. The first-order chi connectivity index (χ1) is 23.7. The summed E-state index contributed by atoms with van der Waals surface area (Å²) in [6, 6.07) is 56.5. The van der Waals surface area contributed by atoms with Crippen molar-refractivity contribution >= 4 is 47.7 Å². The molecule has 2 nitrogen and oxygen atoms in total. The van der Waals surface area contributed by atoms with Crippen molar-refractivity contribution in [3.63, 3.8) is 0 Å². The van der Waals surface area contributed by atoms with Crippen LogP contribution in [0.4, 0.5) is 0 Å². The molecule has 0 saturated heterocycles. The summed E-state index contributed by atoms with van der Waals surface area (Å²) in [4.78, 5) is 0. The SMILES string of the molecule is Oc1c(C[C@H]2CC[C@@H]3Cc4cccc(P(c5ccccc5)c5ccccc5)c4OC2C3)cccc1P(c1ccccc1)c1ccccc1. The van der Waals surface area contributed by atoms with Crippen LogP contribution in [0.3, 0.4) is 0 Å². The first-order valence-corrected chi connectivity index (χ1v) is 19.8. The summed E-state index contributed by atoms with van der Waals surface area (Å²) in [6.45, 7) is 0. The molecule has 1 aliphatic heterocycles. The molecule has 0 spiro atoms. The first kappa shape index (κ1) is 31.1. The largest absolute Gasteiger partial charge is 0.507 e. The molecule has 8 rings (SSSR count). The second-order valence-electron chi connectivity index (χ2n) is 13.1. The van der Waals surface area contributed by atoms with Crippen molar-refractivity contribution in [1.82, 2.24) is 0 Å². The van der Waals surface area contributed by atoms with Gasteiger partial charge in [-0.1, -0.05) is 158 Å². The minimum atomic E-state index is -0.891. The lowest BCUT2D eigenvalue weighted by molar-refractivity contribution is 0.0761. The highest BCUT2D eigenvalue weighted by Gasteiger charge is 2.37. The van der Waals surface area contributed by atoms with E-state index in [0.717, 1.165) is 42.3 Å². The zero-order chi connectivity index (χ0) is 32.3. The van der Waals surface area contributed by atoms with Gasteiger partial charge in [0, 0.05) is 16.5 Å². The van der Waals surface area contributed by atoms with Crippen LogP contribution in [0.2, 0.25) is 0 Å². The number of phenolic OH excluding ortho intramolecular Hbond substituents is 1. The summed E-state index contributed by atoms with van der Waals surface area (Å²) < 4.78 is 7.26. The van der Waals surface area contributed by atoms with E-state index in [0.29, 0.717) is 17.6 Å². The second-order valence-corrected chi connectivity index (χ2v) is 17.4. The third kappa shape index (κ3) is 6.33. The van der Waals surface area contributed by atoms with Gasteiger partial charge in [-0.2, -0.15) is 0 Å². The van der Waals surface area contributed by atoms with Crippen molar-refractivity contribution in [2.45, 2.75) is 38.2 Å². The average molecular weight is 663 g/mol. The molecule has 0 radical (unpaired) electrons. The van der Waals surface area contributed by atoms with Crippen LogP contribution in [-0.2, 0) is 12.8 Å². The lowest BCUT2D eigenvalue weighted by Gasteiger charge is -2.35. The normalized spacial score (nSPS) is 18.6. The Balaban J connectivity index is 1.14. The Morgan fingerprint density at radius 1 is 0.542 bits per heavy atom. The lowest BCUT2D eigenvalue weighted by atomic mass is 9.76. The molecule has 6 aromatic carbocycles. The highest BCUT2D eigenvalue weighted by molar-refractivity contribution is 7.80. The van der Waals surface area contributed by atoms with Gasteiger partial charge in [-0.15, -0.1) is 0 Å². The van der Waals surface area contributed by atoms with Crippen LogP contribution in [0, 0.1) is 11.8 Å². The van der Waals surface area contributed by atoms with Gasteiger partial charge in [0.25, 0.3) is 0 Å². The Labute approximate surface area is 287 Å². The Morgan fingerprint density at radius 3 is 1.60 bits per heavy atom. The summed E-state index contributed by atoms with van der Waals surface area (Å²) in [5.41, 5.74) is 2.38. The highest BCUT2D eigenvalue weighted by atomic mass is 31.1. The predicted octanol–water partition coefficient (Wildman–Crippen LogP) is 7.87. The van der Waals surface area contributed by atoms with E-state index in [4.69, 9.17) is 4.74 Å². The minimum Gasteiger partial charge on any atom is -0.507 e. The maximum Gasteiger partial charge on any atom is 0.131 e. The summed E-state index contributed by atoms with van der Waals surface area (Å²) in [5, 5.41) is 19.5. The van der Waals surface area contributed by atoms with Gasteiger partial charge in [0.05, 0.1) is 0 Å². The number of rotatable bonds is 8. The number of aromatic hydroxyl groups is 1. The fourth-order valence-corrected chi connectivity index (χ4v) is 12.5. The van der Waals surface area contributed by atoms with Crippen molar-refractivity contribution in [3.8, 4) is 11.5 Å². The molecule has 0 amide bonds.